The van der Waals surface area contributed by atoms with Crippen molar-refractivity contribution in [3.05, 3.63) is 0 Å². The quantitative estimate of drug-likeness (QED) is 0.578. The predicted molar refractivity (Wildman–Crippen MR) is 52.5 cm³/mol. The van der Waals surface area contributed by atoms with Gasteiger partial charge in [-0.25, -0.2) is 0 Å². The van der Waals surface area contributed by atoms with Gasteiger partial charge in [0, 0.05) is 6.54 Å². The van der Waals surface area contributed by atoms with Crippen molar-refractivity contribution in [3.63, 3.8) is 0 Å². The van der Waals surface area contributed by atoms with E-state index in [-0.39, 0.29) is 24.9 Å². The van der Waals surface area contributed by atoms with E-state index in [1.807, 2.05) is 14.1 Å². The fraction of sp³-hybridized carbons (Fsp3) is 0.857. The first-order chi connectivity index (χ1) is 5.16. The molecular weight excluding hydrogens is 178 g/mol. The van der Waals surface area contributed by atoms with Crippen LogP contribution in [-0.4, -0.2) is 44.5 Å². The summed E-state index contributed by atoms with van der Waals surface area (Å²) in [5.74, 6) is -0.0799. The van der Waals surface area contributed by atoms with Crippen LogP contribution in [-0.2, 0) is 4.79 Å². The van der Waals surface area contributed by atoms with Crippen LogP contribution < -0.4 is 11.1 Å². The zero-order valence-electron chi connectivity index (χ0n) is 7.67. The second-order valence-corrected chi connectivity index (χ2v) is 2.71. The molecule has 0 saturated carbocycles. The summed E-state index contributed by atoms with van der Waals surface area (Å²) in [5.41, 5.74) is 5.09. The first-order valence-corrected chi connectivity index (χ1v) is 3.78. The highest BCUT2D eigenvalue weighted by molar-refractivity contribution is 5.85. The number of carbonyl (C=O) groups excluding carboxylic acids is 1. The number of nitrogens with zero attached hydrogens (tertiary/aromatic N) is 1. The predicted octanol–water partition coefficient (Wildman–Crippen LogP) is -0.565. The molecule has 0 aromatic carbocycles. The van der Waals surface area contributed by atoms with Gasteiger partial charge in [0.1, 0.15) is 0 Å². The zero-order valence-corrected chi connectivity index (χ0v) is 8.49. The standard InChI is InChI=1S/C7H17N3O.ClH/c1-10(2)5-3-4-9-7(11)6-8;/h3-6,8H2,1-2H3,(H,9,11);1H. The molecule has 0 aliphatic rings. The first-order valence-electron chi connectivity index (χ1n) is 3.78. The van der Waals surface area contributed by atoms with Crippen molar-refractivity contribution in [1.29, 1.82) is 0 Å². The molecule has 0 atom stereocenters. The lowest BCUT2D eigenvalue weighted by molar-refractivity contribution is -0.119. The lowest BCUT2D eigenvalue weighted by Gasteiger charge is -2.08. The summed E-state index contributed by atoms with van der Waals surface area (Å²) in [7, 11) is 4.01. The number of hydrogen-bond donors (Lipinski definition) is 2. The molecule has 3 N–H and O–H groups in total. The summed E-state index contributed by atoms with van der Waals surface area (Å²) in [5, 5.41) is 2.70. The van der Waals surface area contributed by atoms with Crippen LogP contribution in [0, 0.1) is 0 Å². The summed E-state index contributed by atoms with van der Waals surface area (Å²) >= 11 is 0. The molecule has 0 rings (SSSR count). The SMILES string of the molecule is CN(C)CCCNC(=O)CN.Cl. The van der Waals surface area contributed by atoms with Gasteiger partial charge in [-0.05, 0) is 27.1 Å². The lowest BCUT2D eigenvalue weighted by Crippen LogP contribution is -2.32. The Labute approximate surface area is 79.9 Å². The summed E-state index contributed by atoms with van der Waals surface area (Å²) in [6.45, 7) is 1.79. The number of halogens is 1. The Morgan fingerprint density at radius 1 is 1.50 bits per heavy atom. The number of hydrogen-bond acceptors (Lipinski definition) is 3. The Hall–Kier alpha value is -0.320. The highest BCUT2D eigenvalue weighted by atomic mass is 35.5. The van der Waals surface area contributed by atoms with Gasteiger partial charge in [0.05, 0.1) is 6.54 Å². The topological polar surface area (TPSA) is 58.4 Å². The minimum atomic E-state index is -0.0799. The van der Waals surface area contributed by atoms with Gasteiger partial charge in [-0.3, -0.25) is 4.79 Å². The van der Waals surface area contributed by atoms with Crippen LogP contribution in [0.2, 0.25) is 0 Å². The molecule has 0 bridgehead atoms. The molecule has 0 aliphatic heterocycles. The van der Waals surface area contributed by atoms with Crippen molar-refractivity contribution in [2.75, 3.05) is 33.7 Å². The van der Waals surface area contributed by atoms with E-state index < -0.39 is 0 Å². The molecule has 5 heteroatoms. The van der Waals surface area contributed by atoms with Crippen molar-refractivity contribution in [2.45, 2.75) is 6.42 Å². The third kappa shape index (κ3) is 9.68. The summed E-state index contributed by atoms with van der Waals surface area (Å²) in [6.07, 6.45) is 0.971. The van der Waals surface area contributed by atoms with Gasteiger partial charge < -0.3 is 16.0 Å². The molecular formula is C7H18ClN3O. The Morgan fingerprint density at radius 2 is 2.08 bits per heavy atom. The average molecular weight is 196 g/mol. The molecule has 12 heavy (non-hydrogen) atoms. The van der Waals surface area contributed by atoms with Gasteiger partial charge in [-0.2, -0.15) is 0 Å². The van der Waals surface area contributed by atoms with Crippen LogP contribution in [0.5, 0.6) is 0 Å². The lowest BCUT2D eigenvalue weighted by atomic mass is 10.4. The van der Waals surface area contributed by atoms with Gasteiger partial charge in [-0.15, -0.1) is 12.4 Å². The molecule has 0 aromatic heterocycles. The number of rotatable bonds is 5. The van der Waals surface area contributed by atoms with Gasteiger partial charge >= 0.3 is 0 Å². The monoisotopic (exact) mass is 195 g/mol. The Balaban J connectivity index is 0. The van der Waals surface area contributed by atoms with E-state index in [1.165, 1.54) is 0 Å². The van der Waals surface area contributed by atoms with Crippen molar-refractivity contribution in [3.8, 4) is 0 Å². The van der Waals surface area contributed by atoms with Gasteiger partial charge in [0.15, 0.2) is 0 Å². The van der Waals surface area contributed by atoms with E-state index in [9.17, 15) is 4.79 Å². The molecule has 1 amide bonds. The molecule has 4 nitrogen and oxygen atoms in total. The van der Waals surface area contributed by atoms with Crippen molar-refractivity contribution in [1.82, 2.24) is 10.2 Å². The molecule has 0 aliphatic carbocycles. The number of nitrogens with two attached hydrogens (primary N) is 1. The van der Waals surface area contributed by atoms with E-state index in [0.717, 1.165) is 13.0 Å². The van der Waals surface area contributed by atoms with E-state index in [4.69, 9.17) is 5.73 Å². The molecule has 0 fully saturated rings. The minimum absolute atomic E-state index is 0. The van der Waals surface area contributed by atoms with Crippen molar-refractivity contribution < 1.29 is 4.79 Å². The highest BCUT2D eigenvalue weighted by Gasteiger charge is 1.95. The molecule has 0 aromatic rings. The highest BCUT2D eigenvalue weighted by Crippen LogP contribution is 1.79. The van der Waals surface area contributed by atoms with E-state index in [2.05, 4.69) is 10.2 Å². The fourth-order valence-electron chi connectivity index (χ4n) is 0.695. The van der Waals surface area contributed by atoms with Crippen molar-refractivity contribution >= 4 is 18.3 Å². The Bertz CT molecular complexity index is 119. The summed E-state index contributed by atoms with van der Waals surface area (Å²) in [4.78, 5) is 12.7. The number of nitrogens with one attached hydrogen (secondary N) is 1. The van der Waals surface area contributed by atoms with Crippen LogP contribution in [0.1, 0.15) is 6.42 Å². The third-order valence-corrected chi connectivity index (χ3v) is 1.29. The molecule has 0 heterocycles. The Morgan fingerprint density at radius 3 is 2.50 bits per heavy atom. The zero-order chi connectivity index (χ0) is 8.69. The molecule has 0 saturated heterocycles. The minimum Gasteiger partial charge on any atom is -0.355 e. The number of amides is 1. The van der Waals surface area contributed by atoms with Gasteiger partial charge in [0.2, 0.25) is 5.91 Å². The van der Waals surface area contributed by atoms with E-state index in [1.54, 1.807) is 0 Å². The molecule has 0 unspecified atom stereocenters. The second kappa shape index (κ2) is 8.77. The van der Waals surface area contributed by atoms with Crippen LogP contribution in [0.25, 0.3) is 0 Å². The van der Waals surface area contributed by atoms with Gasteiger partial charge in [-0.1, -0.05) is 0 Å². The smallest absolute Gasteiger partial charge is 0.233 e. The maximum Gasteiger partial charge on any atom is 0.233 e. The van der Waals surface area contributed by atoms with Crippen LogP contribution in [0.15, 0.2) is 0 Å². The maximum atomic E-state index is 10.6. The van der Waals surface area contributed by atoms with Crippen LogP contribution in [0.3, 0.4) is 0 Å². The first kappa shape index (κ1) is 14.2. The summed E-state index contributed by atoms with van der Waals surface area (Å²) < 4.78 is 0. The second-order valence-electron chi connectivity index (χ2n) is 2.71. The van der Waals surface area contributed by atoms with E-state index >= 15 is 0 Å². The molecule has 0 radical (unpaired) electrons. The fourth-order valence-corrected chi connectivity index (χ4v) is 0.695. The normalized spacial score (nSPS) is 9.33. The Kier molecular flexibility index (Phi) is 10.4. The van der Waals surface area contributed by atoms with Crippen molar-refractivity contribution in [2.24, 2.45) is 5.73 Å². The third-order valence-electron chi connectivity index (χ3n) is 1.29. The average Bonchev–Trinajstić information content (AvgIpc) is 1.97. The van der Waals surface area contributed by atoms with Crippen LogP contribution >= 0.6 is 12.4 Å². The van der Waals surface area contributed by atoms with E-state index in [0.29, 0.717) is 6.54 Å². The molecule has 0 spiro atoms. The molecule has 74 valence electrons. The van der Waals surface area contributed by atoms with Gasteiger partial charge in [0.25, 0.3) is 0 Å². The largest absolute Gasteiger partial charge is 0.355 e. The number of carbonyl (C=O) groups is 1. The van der Waals surface area contributed by atoms with Crippen LogP contribution in [0.4, 0.5) is 0 Å². The maximum absolute atomic E-state index is 10.6. The summed E-state index contributed by atoms with van der Waals surface area (Å²) in [6, 6.07) is 0.